The second-order valence-corrected chi connectivity index (χ2v) is 7.08. The van der Waals surface area contributed by atoms with Gasteiger partial charge in [0.2, 0.25) is 0 Å². The molecule has 9 heteroatoms. The zero-order chi connectivity index (χ0) is 23.2. The van der Waals surface area contributed by atoms with E-state index in [-0.39, 0.29) is 24.2 Å². The third-order valence-electron chi connectivity index (χ3n) is 4.74. The Balaban J connectivity index is 1.58. The van der Waals surface area contributed by atoms with Gasteiger partial charge < -0.3 is 19.9 Å². The number of carbonyl (C=O) groups is 2. The number of amides is 2. The van der Waals surface area contributed by atoms with Gasteiger partial charge in [-0.3, -0.25) is 9.59 Å². The van der Waals surface area contributed by atoms with Gasteiger partial charge in [0, 0.05) is 30.7 Å². The van der Waals surface area contributed by atoms with Crippen LogP contribution in [0.15, 0.2) is 79.3 Å². The Labute approximate surface area is 189 Å². The number of hydrogen-bond donors (Lipinski definition) is 2. The first kappa shape index (κ1) is 21.8. The SMILES string of the molecule is CCNC(=O)COc1cccc(NC(=O)c2cnn(-c3ccc(F)cc3)c2-n2cccc2)c1. The van der Waals surface area contributed by atoms with Crippen LogP contribution in [0, 0.1) is 5.82 Å². The van der Waals surface area contributed by atoms with E-state index in [1.165, 1.54) is 18.3 Å². The number of hydrogen-bond acceptors (Lipinski definition) is 4. The zero-order valence-corrected chi connectivity index (χ0v) is 17.9. The van der Waals surface area contributed by atoms with Gasteiger partial charge in [0.05, 0.1) is 11.9 Å². The first-order valence-corrected chi connectivity index (χ1v) is 10.3. The van der Waals surface area contributed by atoms with E-state index in [9.17, 15) is 14.0 Å². The lowest BCUT2D eigenvalue weighted by molar-refractivity contribution is -0.122. The van der Waals surface area contributed by atoms with E-state index in [2.05, 4.69) is 15.7 Å². The number of aromatic nitrogens is 3. The minimum absolute atomic E-state index is 0.118. The van der Waals surface area contributed by atoms with Crippen LogP contribution in [0.4, 0.5) is 10.1 Å². The minimum Gasteiger partial charge on any atom is -0.484 e. The van der Waals surface area contributed by atoms with Gasteiger partial charge in [-0.25, -0.2) is 9.07 Å². The highest BCUT2D eigenvalue weighted by Gasteiger charge is 2.20. The zero-order valence-electron chi connectivity index (χ0n) is 17.9. The van der Waals surface area contributed by atoms with Crippen molar-refractivity contribution in [1.29, 1.82) is 0 Å². The number of nitrogens with zero attached hydrogens (tertiary/aromatic N) is 3. The van der Waals surface area contributed by atoms with Crippen LogP contribution in [0.2, 0.25) is 0 Å². The molecule has 0 unspecified atom stereocenters. The fourth-order valence-electron chi connectivity index (χ4n) is 3.26. The number of ether oxygens (including phenoxy) is 1. The van der Waals surface area contributed by atoms with Gasteiger partial charge in [-0.05, 0) is 55.5 Å². The maximum atomic E-state index is 13.4. The summed E-state index contributed by atoms with van der Waals surface area (Å²) in [4.78, 5) is 24.8. The Bertz CT molecular complexity index is 1250. The van der Waals surface area contributed by atoms with E-state index in [0.717, 1.165) is 0 Å². The molecule has 0 fully saturated rings. The average Bonchev–Trinajstić information content (AvgIpc) is 3.48. The van der Waals surface area contributed by atoms with Crippen molar-refractivity contribution in [2.75, 3.05) is 18.5 Å². The Morgan fingerprint density at radius 3 is 2.55 bits per heavy atom. The normalized spacial score (nSPS) is 10.6. The molecule has 4 rings (SSSR count). The van der Waals surface area contributed by atoms with E-state index in [1.807, 2.05) is 19.1 Å². The smallest absolute Gasteiger partial charge is 0.261 e. The predicted octanol–water partition coefficient (Wildman–Crippen LogP) is 3.57. The Morgan fingerprint density at radius 1 is 1.06 bits per heavy atom. The van der Waals surface area contributed by atoms with Crippen molar-refractivity contribution in [3.8, 4) is 17.3 Å². The quantitative estimate of drug-likeness (QED) is 0.432. The third-order valence-corrected chi connectivity index (χ3v) is 4.74. The minimum atomic E-state index is -0.382. The second kappa shape index (κ2) is 9.82. The number of halogens is 1. The number of carbonyl (C=O) groups excluding carboxylic acids is 2. The molecule has 2 aromatic carbocycles. The summed E-state index contributed by atoms with van der Waals surface area (Å²) in [6, 6.07) is 16.3. The van der Waals surface area contributed by atoms with Crippen LogP contribution in [0.25, 0.3) is 11.5 Å². The molecule has 0 radical (unpaired) electrons. The van der Waals surface area contributed by atoms with Crippen LogP contribution in [-0.4, -0.2) is 39.3 Å². The molecule has 4 aromatic rings. The summed E-state index contributed by atoms with van der Waals surface area (Å²) in [5.74, 6) is -0.00967. The van der Waals surface area contributed by atoms with Crippen molar-refractivity contribution in [2.24, 2.45) is 0 Å². The number of anilines is 1. The molecule has 33 heavy (non-hydrogen) atoms. The molecular weight excluding hydrogens is 425 g/mol. The van der Waals surface area contributed by atoms with Crippen molar-refractivity contribution in [3.63, 3.8) is 0 Å². The molecule has 0 saturated heterocycles. The number of likely N-dealkylation sites (N-methyl/N-ethyl adjacent to an activating group) is 1. The molecule has 0 spiro atoms. The van der Waals surface area contributed by atoms with Crippen LogP contribution >= 0.6 is 0 Å². The molecule has 0 aliphatic heterocycles. The summed E-state index contributed by atoms with van der Waals surface area (Å²) >= 11 is 0. The number of rotatable bonds is 8. The predicted molar refractivity (Wildman–Crippen MR) is 121 cm³/mol. The van der Waals surface area contributed by atoms with Crippen LogP contribution in [0.1, 0.15) is 17.3 Å². The van der Waals surface area contributed by atoms with Crippen LogP contribution < -0.4 is 15.4 Å². The van der Waals surface area contributed by atoms with Crippen molar-refractivity contribution in [3.05, 3.63) is 90.6 Å². The lowest BCUT2D eigenvalue weighted by Crippen LogP contribution is -2.28. The van der Waals surface area contributed by atoms with Crippen LogP contribution in [0.3, 0.4) is 0 Å². The summed E-state index contributed by atoms with van der Waals surface area (Å²) in [5.41, 5.74) is 1.44. The fraction of sp³-hybridized carbons (Fsp3) is 0.125. The van der Waals surface area contributed by atoms with E-state index >= 15 is 0 Å². The summed E-state index contributed by atoms with van der Waals surface area (Å²) in [6.45, 7) is 2.23. The number of benzene rings is 2. The maximum absolute atomic E-state index is 13.4. The van der Waals surface area contributed by atoms with Gasteiger partial charge in [-0.1, -0.05) is 6.07 Å². The number of nitrogens with one attached hydrogen (secondary N) is 2. The standard InChI is InChI=1S/C24H22FN5O3/c1-2-26-22(31)16-33-20-7-5-6-18(14-20)28-23(32)21-15-27-30(19-10-8-17(25)9-11-19)24(21)29-12-3-4-13-29/h3-15H,2,16H2,1H3,(H,26,31)(H,28,32). The molecule has 0 aliphatic carbocycles. The highest BCUT2D eigenvalue weighted by Crippen LogP contribution is 2.23. The topological polar surface area (TPSA) is 90.2 Å². The summed E-state index contributed by atoms with van der Waals surface area (Å²) < 4.78 is 22.2. The van der Waals surface area contributed by atoms with Crippen molar-refractivity contribution in [2.45, 2.75) is 6.92 Å². The average molecular weight is 447 g/mol. The second-order valence-electron chi connectivity index (χ2n) is 7.08. The van der Waals surface area contributed by atoms with Gasteiger partial charge in [-0.15, -0.1) is 0 Å². The molecule has 2 amide bonds. The van der Waals surface area contributed by atoms with Crippen LogP contribution in [0.5, 0.6) is 5.75 Å². The van der Waals surface area contributed by atoms with Crippen molar-refractivity contribution >= 4 is 17.5 Å². The largest absolute Gasteiger partial charge is 0.484 e. The van der Waals surface area contributed by atoms with E-state index in [0.29, 0.717) is 35.1 Å². The molecule has 0 atom stereocenters. The van der Waals surface area contributed by atoms with Gasteiger partial charge in [0.15, 0.2) is 12.4 Å². The van der Waals surface area contributed by atoms with Crippen molar-refractivity contribution < 1.29 is 18.7 Å². The lowest BCUT2D eigenvalue weighted by atomic mass is 10.2. The Morgan fingerprint density at radius 2 is 1.82 bits per heavy atom. The lowest BCUT2D eigenvalue weighted by Gasteiger charge is -2.12. The summed E-state index contributed by atoms with van der Waals surface area (Å²) in [6.07, 6.45) is 5.05. The monoisotopic (exact) mass is 447 g/mol. The molecule has 2 N–H and O–H groups in total. The van der Waals surface area contributed by atoms with Crippen molar-refractivity contribution in [1.82, 2.24) is 19.7 Å². The highest BCUT2D eigenvalue weighted by molar-refractivity contribution is 6.06. The van der Waals surface area contributed by atoms with Gasteiger partial charge in [0.1, 0.15) is 17.1 Å². The molecule has 0 bridgehead atoms. The molecular formula is C24H22FN5O3. The summed E-state index contributed by atoms with van der Waals surface area (Å²) in [7, 11) is 0. The Kier molecular flexibility index (Phi) is 6.49. The highest BCUT2D eigenvalue weighted by atomic mass is 19.1. The summed E-state index contributed by atoms with van der Waals surface area (Å²) in [5, 5.41) is 9.86. The molecule has 168 valence electrons. The molecule has 8 nitrogen and oxygen atoms in total. The van der Waals surface area contributed by atoms with E-state index < -0.39 is 0 Å². The van der Waals surface area contributed by atoms with Gasteiger partial charge in [-0.2, -0.15) is 5.10 Å². The molecule has 0 saturated carbocycles. The fourth-order valence-corrected chi connectivity index (χ4v) is 3.26. The van der Waals surface area contributed by atoms with Gasteiger partial charge in [0.25, 0.3) is 11.8 Å². The Hall–Kier alpha value is -4.40. The van der Waals surface area contributed by atoms with Gasteiger partial charge >= 0.3 is 0 Å². The van der Waals surface area contributed by atoms with E-state index in [4.69, 9.17) is 4.74 Å². The first-order chi connectivity index (χ1) is 16.0. The maximum Gasteiger partial charge on any atom is 0.261 e. The first-order valence-electron chi connectivity index (χ1n) is 10.3. The van der Waals surface area contributed by atoms with Crippen LogP contribution in [-0.2, 0) is 4.79 Å². The van der Waals surface area contributed by atoms with E-state index in [1.54, 1.807) is 58.0 Å². The molecule has 0 aliphatic rings. The third kappa shape index (κ3) is 5.09. The molecule has 2 aromatic heterocycles. The molecule has 2 heterocycles.